The molecule has 11 heteroatoms. The summed E-state index contributed by atoms with van der Waals surface area (Å²) in [5, 5.41) is 12.8. The summed E-state index contributed by atoms with van der Waals surface area (Å²) in [6.07, 6.45) is -0.206. The van der Waals surface area contributed by atoms with Crippen LogP contribution < -0.4 is 10.0 Å². The molecular formula is C10H15N3O6S2. The summed E-state index contributed by atoms with van der Waals surface area (Å²) in [7, 11) is -2.18. The van der Waals surface area contributed by atoms with E-state index in [1.807, 2.05) is 0 Å². The van der Waals surface area contributed by atoms with E-state index in [-0.39, 0.29) is 18.1 Å². The summed E-state index contributed by atoms with van der Waals surface area (Å²) in [6, 6.07) is 0. The Bertz CT molecular complexity index is 612. The van der Waals surface area contributed by atoms with Crippen LogP contribution in [0.2, 0.25) is 0 Å². The number of rotatable bonds is 8. The number of carboxylic acid groups (broad SMARTS) is 1. The van der Waals surface area contributed by atoms with Crippen LogP contribution in [-0.2, 0) is 30.8 Å². The molecule has 0 saturated heterocycles. The van der Waals surface area contributed by atoms with E-state index >= 15 is 0 Å². The standard InChI is InChI=1S/C10H15N3O6S2/c1-19-7(9(15)16)4-11-8(14)3-6-5-20-10(12-6)13-21(2,17)18/h5,7H,3-4H2,1-2H3,(H,11,14)(H,12,13)(H,15,16). The predicted octanol–water partition coefficient (Wildman–Crippen LogP) is -0.727. The lowest BCUT2D eigenvalue weighted by atomic mass is 10.3. The topological polar surface area (TPSA) is 135 Å². The zero-order valence-corrected chi connectivity index (χ0v) is 13.0. The van der Waals surface area contributed by atoms with Crippen LogP contribution in [0.15, 0.2) is 5.38 Å². The van der Waals surface area contributed by atoms with Gasteiger partial charge in [0, 0.05) is 12.5 Å². The lowest BCUT2D eigenvalue weighted by Crippen LogP contribution is -2.38. The first-order chi connectivity index (χ1) is 9.71. The highest BCUT2D eigenvalue weighted by Crippen LogP contribution is 2.16. The third-order valence-corrected chi connectivity index (χ3v) is 3.71. The number of carbonyl (C=O) groups is 2. The van der Waals surface area contributed by atoms with Crippen molar-refractivity contribution in [1.29, 1.82) is 0 Å². The van der Waals surface area contributed by atoms with E-state index in [2.05, 4.69) is 19.8 Å². The average molecular weight is 337 g/mol. The third-order valence-electron chi connectivity index (χ3n) is 2.21. The molecule has 1 rings (SSSR count). The van der Waals surface area contributed by atoms with Crippen molar-refractivity contribution in [3.63, 3.8) is 0 Å². The molecule has 1 atom stereocenters. The van der Waals surface area contributed by atoms with Crippen molar-refractivity contribution in [1.82, 2.24) is 10.3 Å². The molecule has 0 fully saturated rings. The van der Waals surface area contributed by atoms with Crippen molar-refractivity contribution in [3.05, 3.63) is 11.1 Å². The lowest BCUT2D eigenvalue weighted by molar-refractivity contribution is -0.148. The van der Waals surface area contributed by atoms with Crippen molar-refractivity contribution in [3.8, 4) is 0 Å². The molecule has 1 aromatic heterocycles. The first-order valence-corrected chi connectivity index (χ1v) is 8.43. The molecule has 0 aliphatic heterocycles. The number of carbonyl (C=O) groups excluding carboxylic acids is 1. The molecule has 0 saturated carbocycles. The molecule has 21 heavy (non-hydrogen) atoms. The van der Waals surface area contributed by atoms with Gasteiger partial charge in [0.1, 0.15) is 0 Å². The first kappa shape index (κ1) is 17.3. The van der Waals surface area contributed by atoms with E-state index in [0.717, 1.165) is 17.6 Å². The molecule has 9 nitrogen and oxygen atoms in total. The number of ether oxygens (including phenoxy) is 1. The van der Waals surface area contributed by atoms with E-state index in [1.54, 1.807) is 0 Å². The normalized spacial score (nSPS) is 12.7. The van der Waals surface area contributed by atoms with Gasteiger partial charge in [0.2, 0.25) is 15.9 Å². The number of nitrogens with zero attached hydrogens (tertiary/aromatic N) is 1. The fourth-order valence-corrected chi connectivity index (χ4v) is 2.86. The molecule has 1 heterocycles. The third kappa shape index (κ3) is 6.51. The summed E-state index contributed by atoms with van der Waals surface area (Å²) < 4.78 is 28.9. The second-order valence-electron chi connectivity index (χ2n) is 4.06. The Kier molecular flexibility index (Phi) is 6.05. The van der Waals surface area contributed by atoms with Crippen LogP contribution in [-0.4, -0.2) is 56.4 Å². The smallest absolute Gasteiger partial charge is 0.334 e. The first-order valence-electron chi connectivity index (χ1n) is 5.65. The van der Waals surface area contributed by atoms with Gasteiger partial charge in [-0.2, -0.15) is 0 Å². The Morgan fingerprint density at radius 1 is 1.52 bits per heavy atom. The van der Waals surface area contributed by atoms with Gasteiger partial charge < -0.3 is 15.2 Å². The number of aromatic nitrogens is 1. The number of anilines is 1. The van der Waals surface area contributed by atoms with E-state index < -0.39 is 28.0 Å². The van der Waals surface area contributed by atoms with E-state index in [4.69, 9.17) is 5.11 Å². The number of amides is 1. The molecule has 0 bridgehead atoms. The van der Waals surface area contributed by atoms with Gasteiger partial charge in [-0.05, 0) is 0 Å². The molecular weight excluding hydrogens is 322 g/mol. The van der Waals surface area contributed by atoms with Crippen molar-refractivity contribution < 1.29 is 27.9 Å². The number of aliphatic carboxylic acids is 1. The van der Waals surface area contributed by atoms with Gasteiger partial charge >= 0.3 is 5.97 Å². The maximum absolute atomic E-state index is 11.6. The SMILES string of the molecule is COC(CNC(=O)Cc1csc(NS(C)(=O)=O)n1)C(=O)O. The highest BCUT2D eigenvalue weighted by Gasteiger charge is 2.17. The van der Waals surface area contributed by atoms with Crippen LogP contribution in [0.1, 0.15) is 5.69 Å². The minimum absolute atomic E-state index is 0.0853. The predicted molar refractivity (Wildman–Crippen MR) is 75.7 cm³/mol. The monoisotopic (exact) mass is 337 g/mol. The quantitative estimate of drug-likeness (QED) is 0.569. The Labute approximate surface area is 125 Å². The molecule has 0 spiro atoms. The van der Waals surface area contributed by atoms with E-state index in [9.17, 15) is 18.0 Å². The van der Waals surface area contributed by atoms with Crippen LogP contribution in [0.4, 0.5) is 5.13 Å². The maximum atomic E-state index is 11.6. The average Bonchev–Trinajstić information content (AvgIpc) is 2.74. The molecule has 0 aliphatic rings. The Hall–Kier alpha value is -1.72. The van der Waals surface area contributed by atoms with Crippen molar-refractivity contribution in [2.75, 3.05) is 24.6 Å². The van der Waals surface area contributed by atoms with Crippen LogP contribution >= 0.6 is 11.3 Å². The number of sulfonamides is 1. The van der Waals surface area contributed by atoms with Gasteiger partial charge in [0.15, 0.2) is 11.2 Å². The summed E-state index contributed by atoms with van der Waals surface area (Å²) in [4.78, 5) is 26.2. The van der Waals surface area contributed by atoms with Gasteiger partial charge in [-0.25, -0.2) is 18.2 Å². The maximum Gasteiger partial charge on any atom is 0.334 e. The Morgan fingerprint density at radius 2 is 2.19 bits per heavy atom. The van der Waals surface area contributed by atoms with Crippen LogP contribution in [0, 0.1) is 0 Å². The van der Waals surface area contributed by atoms with Crippen molar-refractivity contribution in [2.45, 2.75) is 12.5 Å². The van der Waals surface area contributed by atoms with Crippen LogP contribution in [0.3, 0.4) is 0 Å². The van der Waals surface area contributed by atoms with Gasteiger partial charge in [-0.15, -0.1) is 11.3 Å². The number of hydrogen-bond acceptors (Lipinski definition) is 7. The molecule has 3 N–H and O–H groups in total. The Morgan fingerprint density at radius 3 is 2.71 bits per heavy atom. The van der Waals surface area contributed by atoms with Crippen molar-refractivity contribution in [2.24, 2.45) is 0 Å². The molecule has 0 aliphatic carbocycles. The fourth-order valence-electron chi connectivity index (χ4n) is 1.30. The molecule has 1 unspecified atom stereocenters. The number of nitrogens with one attached hydrogen (secondary N) is 2. The summed E-state index contributed by atoms with van der Waals surface area (Å²) in [5.74, 6) is -1.61. The summed E-state index contributed by atoms with van der Waals surface area (Å²) in [6.45, 7) is -0.163. The number of hydrogen-bond donors (Lipinski definition) is 3. The van der Waals surface area contributed by atoms with E-state index in [1.165, 1.54) is 12.5 Å². The second-order valence-corrected chi connectivity index (χ2v) is 6.67. The van der Waals surface area contributed by atoms with E-state index in [0.29, 0.717) is 5.69 Å². The van der Waals surface area contributed by atoms with Gasteiger partial charge in [0.25, 0.3) is 0 Å². The van der Waals surface area contributed by atoms with Gasteiger partial charge in [-0.3, -0.25) is 9.52 Å². The Balaban J connectivity index is 2.50. The zero-order chi connectivity index (χ0) is 16.0. The zero-order valence-electron chi connectivity index (χ0n) is 11.3. The lowest BCUT2D eigenvalue weighted by Gasteiger charge is -2.10. The van der Waals surface area contributed by atoms with Crippen LogP contribution in [0.25, 0.3) is 0 Å². The summed E-state index contributed by atoms with van der Waals surface area (Å²) in [5.41, 5.74) is 0.382. The minimum Gasteiger partial charge on any atom is -0.479 e. The molecule has 0 aromatic carbocycles. The highest BCUT2D eigenvalue weighted by molar-refractivity contribution is 7.92. The molecule has 0 radical (unpaired) electrons. The van der Waals surface area contributed by atoms with Crippen LogP contribution in [0.5, 0.6) is 0 Å². The molecule has 118 valence electrons. The minimum atomic E-state index is -3.41. The largest absolute Gasteiger partial charge is 0.479 e. The number of methoxy groups -OCH3 is 1. The number of thiazole rings is 1. The fraction of sp³-hybridized carbons (Fsp3) is 0.500. The number of carboxylic acids is 1. The molecule has 1 amide bonds. The van der Waals surface area contributed by atoms with Crippen molar-refractivity contribution >= 4 is 38.4 Å². The summed E-state index contributed by atoms with van der Waals surface area (Å²) >= 11 is 1.05. The van der Waals surface area contributed by atoms with Gasteiger partial charge in [0.05, 0.1) is 24.9 Å². The molecule has 1 aromatic rings. The second kappa shape index (κ2) is 7.33. The highest BCUT2D eigenvalue weighted by atomic mass is 32.2. The van der Waals surface area contributed by atoms with Gasteiger partial charge in [-0.1, -0.05) is 0 Å².